The molecule has 18 nitrogen and oxygen atoms in total. The van der Waals surface area contributed by atoms with Gasteiger partial charge in [-0.05, 0) is 110 Å². The molecule has 0 spiro atoms. The molecule has 0 aliphatic carbocycles. The van der Waals surface area contributed by atoms with Crippen molar-refractivity contribution in [1.29, 1.82) is 0 Å². The lowest BCUT2D eigenvalue weighted by molar-refractivity contribution is -0.271. The van der Waals surface area contributed by atoms with Crippen LogP contribution in [0.1, 0.15) is 138 Å². The van der Waals surface area contributed by atoms with Crippen LogP contribution < -0.4 is 5.53 Å². The van der Waals surface area contributed by atoms with E-state index >= 15 is 4.39 Å². The highest BCUT2D eigenvalue weighted by atomic mass is 32.2. The van der Waals surface area contributed by atoms with Gasteiger partial charge in [0.25, 0.3) is 0 Å². The molecule has 4 N–H and O–H groups in total. The molecule has 0 radical (unpaired) electrons. The monoisotopic (exact) mass is 1100 g/mol. The van der Waals surface area contributed by atoms with Crippen LogP contribution in [0, 0.1) is 23.7 Å². The molecule has 3 fully saturated rings. The topological polar surface area (TPSA) is 189 Å². The van der Waals surface area contributed by atoms with Crippen molar-refractivity contribution in [1.82, 2.24) is 40.3 Å². The third-order valence-corrected chi connectivity index (χ3v) is 18.3. The Morgan fingerprint density at radius 2 is 1.69 bits per heavy atom. The van der Waals surface area contributed by atoms with E-state index in [4.69, 9.17) is 28.4 Å². The van der Waals surface area contributed by atoms with Crippen molar-refractivity contribution in [2.24, 2.45) is 23.7 Å². The number of rotatable bonds is 18. The van der Waals surface area contributed by atoms with Gasteiger partial charge in [0.05, 0.1) is 59.1 Å². The van der Waals surface area contributed by atoms with Crippen LogP contribution in [0.4, 0.5) is 4.39 Å². The van der Waals surface area contributed by atoms with Crippen LogP contribution in [0.25, 0.3) is 5.69 Å². The highest BCUT2D eigenvalue weighted by molar-refractivity contribution is 7.98. The van der Waals surface area contributed by atoms with Crippen molar-refractivity contribution in [3.63, 3.8) is 0 Å². The maximum absolute atomic E-state index is 15.2. The molecule has 18 atom stereocenters. The van der Waals surface area contributed by atoms with Gasteiger partial charge in [-0.1, -0.05) is 52.0 Å². The Morgan fingerprint density at radius 3 is 2.32 bits per heavy atom. The first kappa shape index (κ1) is 63.2. The number of carbonyl (C=O) groups excluding carboxylic acids is 1. The molecule has 77 heavy (non-hydrogen) atoms. The minimum absolute atomic E-state index is 0.0512. The van der Waals surface area contributed by atoms with Crippen molar-refractivity contribution >= 4 is 17.7 Å². The summed E-state index contributed by atoms with van der Waals surface area (Å²) in [6.07, 6.45) is 2.38. The number of nitrogens with zero attached hydrogens (tertiary/aromatic N) is 7. The zero-order valence-electron chi connectivity index (χ0n) is 49.2. The van der Waals surface area contributed by atoms with E-state index in [2.05, 4.69) is 55.5 Å². The number of benzene rings is 1. The molecular formula is C57H97FN8O10S. The van der Waals surface area contributed by atoms with E-state index in [-0.39, 0.29) is 30.6 Å². The van der Waals surface area contributed by atoms with E-state index in [1.165, 1.54) is 0 Å². The first-order valence-electron chi connectivity index (χ1n) is 28.2. The summed E-state index contributed by atoms with van der Waals surface area (Å²) in [5.41, 5.74) is 3.20. The van der Waals surface area contributed by atoms with E-state index in [1.54, 1.807) is 42.6 Å². The van der Waals surface area contributed by atoms with E-state index in [1.807, 2.05) is 102 Å². The fourth-order valence-electron chi connectivity index (χ4n) is 12.9. The van der Waals surface area contributed by atoms with Gasteiger partial charge in [-0.25, -0.2) is 9.07 Å². The molecule has 2 aromatic rings. The average Bonchev–Trinajstić information content (AvgIpc) is 4.01. The number of aliphatic hydroxyl groups excluding tert-OH is 1. The summed E-state index contributed by atoms with van der Waals surface area (Å²) >= 11 is 1.79. The predicted octanol–water partition coefficient (Wildman–Crippen LogP) is 7.06. The van der Waals surface area contributed by atoms with E-state index < -0.39 is 96.1 Å². The summed E-state index contributed by atoms with van der Waals surface area (Å²) in [5.74, 6) is -0.632. The molecule has 4 aliphatic rings. The number of hydrogen-bond acceptors (Lipinski definition) is 18. The van der Waals surface area contributed by atoms with Gasteiger partial charge in [-0.3, -0.25) is 14.8 Å². The van der Waals surface area contributed by atoms with Gasteiger partial charge in [0.15, 0.2) is 6.29 Å². The summed E-state index contributed by atoms with van der Waals surface area (Å²) in [6, 6.07) is 6.68. The van der Waals surface area contributed by atoms with Crippen molar-refractivity contribution < 1.29 is 52.9 Å². The van der Waals surface area contributed by atoms with E-state index in [9.17, 15) is 20.1 Å². The molecule has 1 unspecified atom stereocenters. The largest absolute Gasteiger partial charge is 0.459 e. The first-order valence-corrected chi connectivity index (χ1v) is 29.4. The smallest absolute Gasteiger partial charge is 0.309 e. The van der Waals surface area contributed by atoms with E-state index in [0.717, 1.165) is 40.6 Å². The van der Waals surface area contributed by atoms with Crippen LogP contribution in [0.5, 0.6) is 0 Å². The Morgan fingerprint density at radius 1 is 0.987 bits per heavy atom. The fraction of sp³-hybridized carbons (Fsp3) is 0.807. The molecule has 6 rings (SSSR count). The number of likely N-dealkylation sites (N-methyl/N-ethyl adjacent to an activating group) is 1. The maximum Gasteiger partial charge on any atom is 0.309 e. The number of aliphatic hydroxyl groups is 3. The van der Waals surface area contributed by atoms with Gasteiger partial charge in [0.1, 0.15) is 36.6 Å². The Balaban J connectivity index is 1.22. The molecule has 3 saturated heterocycles. The number of cyclic esters (lactones) is 1. The SMILES string of the molecule is CCSCc1cn(-c2ccc([C@@H](OC)[C@@H](CF)N3C=C(CCN(C)[C@@H]4C[C@H](O[C@@H]5[C@@H](C)[C@H](C6C[C@@](C)(OC)C[C@H](C)O6)[C@@H](C)C(=O)O[C@H](CC)[C@@](C)(O)[C@H](O)[C@@H](C)N(C)C[C@H](C)C[C@@]5(C)O)O[C@H](C)C4)N(C)N3)cc2)nn1. The minimum atomic E-state index is -1.76. The number of hydrogen-bond donors (Lipinski definition) is 4. The number of esters is 1. The fourth-order valence-corrected chi connectivity index (χ4v) is 13.5. The lowest BCUT2D eigenvalue weighted by Crippen LogP contribution is -2.59. The number of aromatic nitrogens is 3. The normalized spacial score (nSPS) is 37.3. The zero-order chi connectivity index (χ0) is 56.7. The Hall–Kier alpha value is -2.99. The second kappa shape index (κ2) is 27.2. The third-order valence-electron chi connectivity index (χ3n) is 17.4. The molecule has 0 amide bonds. The second-order valence-electron chi connectivity index (χ2n) is 23.9. The van der Waals surface area contributed by atoms with Crippen LogP contribution in [0.2, 0.25) is 0 Å². The van der Waals surface area contributed by atoms with Crippen LogP contribution in [-0.2, 0) is 39.0 Å². The first-order chi connectivity index (χ1) is 36.3. The number of nitrogens with one attached hydrogen (secondary N) is 1. The standard InChI is InChI=1S/C57H97FN8O10S/c1-17-48-57(11,70)52(67)40(8)63(13)31-35(3)27-56(10,69)53(38(6)50(39(7)54(68)75-48)47-29-55(9,72-16)28-37(5)73-47)76-49-26-45(25-36(4)74-49)62(12)24-23-44-33-66(61-64(44)14)46(30-58)51(71-15)41-19-21-43(22-20-41)65-32-42(59-60-65)34-77-18-2/h19-22,32-33,35-40,45-53,61,67,69-70H,17-18,23-31,34H2,1-16H3/t35-,36-,37+,38+,39-,40-,45+,46-,47?,48-,49+,50+,51-,52-,53-,55+,56-,57-/m1/s1. The summed E-state index contributed by atoms with van der Waals surface area (Å²) in [7, 11) is 9.25. The number of ether oxygens (including phenoxy) is 6. The van der Waals surface area contributed by atoms with E-state index in [0.29, 0.717) is 45.2 Å². The maximum atomic E-state index is 15.2. The number of carbonyl (C=O) groups is 1. The molecule has 4 aliphatic heterocycles. The molecule has 438 valence electrons. The Kier molecular flexibility index (Phi) is 22.3. The lowest BCUT2D eigenvalue weighted by atomic mass is 9.69. The number of thioether (sulfide) groups is 1. The number of hydrazine groups is 2. The number of halogens is 1. The summed E-state index contributed by atoms with van der Waals surface area (Å²) in [6.45, 7) is 21.8. The van der Waals surface area contributed by atoms with Crippen molar-refractivity contribution in [3.05, 3.63) is 53.6 Å². The van der Waals surface area contributed by atoms with Gasteiger partial charge in [0, 0.05) is 95.7 Å². The molecular weight excluding hydrogens is 1010 g/mol. The summed E-state index contributed by atoms with van der Waals surface area (Å²) in [5, 5.41) is 49.0. The number of methoxy groups -OCH3 is 2. The molecule has 20 heteroatoms. The van der Waals surface area contributed by atoms with Gasteiger partial charge in [-0.15, -0.1) is 10.6 Å². The van der Waals surface area contributed by atoms with Crippen molar-refractivity contribution in [3.8, 4) is 5.69 Å². The zero-order valence-corrected chi connectivity index (χ0v) is 50.0. The molecule has 1 aromatic carbocycles. The highest BCUT2D eigenvalue weighted by Crippen LogP contribution is 2.45. The minimum Gasteiger partial charge on any atom is -0.459 e. The average molecular weight is 1110 g/mol. The molecule has 0 saturated carbocycles. The summed E-state index contributed by atoms with van der Waals surface area (Å²) in [4.78, 5) is 19.0. The lowest BCUT2D eigenvalue weighted by Gasteiger charge is -2.50. The molecule has 0 bridgehead atoms. The predicted molar refractivity (Wildman–Crippen MR) is 297 cm³/mol. The van der Waals surface area contributed by atoms with Gasteiger partial charge >= 0.3 is 5.97 Å². The van der Waals surface area contributed by atoms with Crippen LogP contribution in [0.15, 0.2) is 42.4 Å². The Bertz CT molecular complexity index is 2190. The highest BCUT2D eigenvalue weighted by Gasteiger charge is 2.53. The Labute approximate surface area is 463 Å². The van der Waals surface area contributed by atoms with Gasteiger partial charge in [-0.2, -0.15) is 11.8 Å². The summed E-state index contributed by atoms with van der Waals surface area (Å²) < 4.78 is 56.0. The number of alkyl halides is 1. The second-order valence-corrected chi connectivity index (χ2v) is 25.1. The van der Waals surface area contributed by atoms with Crippen molar-refractivity contribution in [2.75, 3.05) is 60.9 Å². The van der Waals surface area contributed by atoms with Crippen molar-refractivity contribution in [2.45, 2.75) is 211 Å². The van der Waals surface area contributed by atoms with Gasteiger partial charge < -0.3 is 53.5 Å². The van der Waals surface area contributed by atoms with Crippen LogP contribution in [0.3, 0.4) is 0 Å². The molecule has 5 heterocycles. The van der Waals surface area contributed by atoms with Crippen LogP contribution >= 0.6 is 11.8 Å². The van der Waals surface area contributed by atoms with Gasteiger partial charge in [0.2, 0.25) is 0 Å². The third kappa shape index (κ3) is 15.3. The quantitative estimate of drug-likeness (QED) is 0.111. The van der Waals surface area contributed by atoms with Crippen LogP contribution in [-0.4, -0.2) is 195 Å². The molecule has 1 aromatic heterocycles.